The molecule has 0 saturated carbocycles. The summed E-state index contributed by atoms with van der Waals surface area (Å²) in [6.07, 6.45) is 2.50. The molecule has 4 rings (SSSR count). The van der Waals surface area contributed by atoms with Gasteiger partial charge in [0.05, 0.1) is 60.1 Å². The fraction of sp³-hybridized carbons (Fsp3) is 0.615. The lowest BCUT2D eigenvalue weighted by atomic mass is 9.89. The maximum atomic E-state index is 14.5. The molecule has 0 spiro atoms. The zero-order chi connectivity index (χ0) is 49.7. The fourth-order valence-corrected chi connectivity index (χ4v) is 9.60. The number of para-hydroxylation sites is 1. The van der Waals surface area contributed by atoms with Crippen molar-refractivity contribution in [3.63, 3.8) is 0 Å². The first-order chi connectivity index (χ1) is 31.7. The van der Waals surface area contributed by atoms with Gasteiger partial charge in [-0.05, 0) is 88.4 Å². The summed E-state index contributed by atoms with van der Waals surface area (Å²) in [6.45, 7) is 18.2. The normalized spacial score (nSPS) is 17.7. The minimum Gasteiger partial charge on any atom is -0.383 e. The van der Waals surface area contributed by atoms with Gasteiger partial charge in [0.2, 0.25) is 29.5 Å². The van der Waals surface area contributed by atoms with Gasteiger partial charge in [0.15, 0.2) is 0 Å². The van der Waals surface area contributed by atoms with E-state index < -0.39 is 54.2 Å². The van der Waals surface area contributed by atoms with E-state index in [1.54, 1.807) is 44.2 Å². The Morgan fingerprint density at radius 3 is 2.07 bits per heavy atom. The SMILES string of the molecule is CC[C@H](C)[C@@H]([C@@H](CC(=O)N1CCCC1[C@H](OC)[C@@H](C)C(=O)N[C@@H](Cc1ccc(NC(C)C)cc1)C(=O)Nc1cnc2ccccc2c1)OC)N(C)C(=O)[C@@H](NC(=O)C(C(C)C)N(C)C)C(C)C. The topological polar surface area (TPSA) is 175 Å². The molecule has 1 aromatic heterocycles. The van der Waals surface area contributed by atoms with Crippen molar-refractivity contribution in [1.29, 1.82) is 0 Å². The highest BCUT2D eigenvalue weighted by Gasteiger charge is 2.43. The third-order valence-electron chi connectivity index (χ3n) is 13.3. The van der Waals surface area contributed by atoms with Crippen LogP contribution in [0.2, 0.25) is 0 Å². The standard InChI is InChI=1S/C52H80N8O7/c1-15-34(8)47(59(12)52(65)45(31(2)3)57-51(64)46(32(4)5)58(10)11)43(66-13)29-44(61)60-26-18-21-42(60)48(67-14)35(9)49(62)56-41(27-36-22-24-38(25-23-36)54-33(6)7)50(63)55-39-28-37-19-16-17-20-40(37)53-30-39/h16-17,19-20,22-25,28,30-35,41-43,45-48,54H,15,18,21,26-27,29H2,1-14H3,(H,55,63)(H,56,62)(H,57,64)/t34-,35+,41-,42?,43+,45-,46?,47-,48+/m0/s1. The maximum Gasteiger partial charge on any atom is 0.247 e. The Bertz CT molecular complexity index is 2090. The van der Waals surface area contributed by atoms with Crippen LogP contribution >= 0.6 is 0 Å². The van der Waals surface area contributed by atoms with Gasteiger partial charge < -0.3 is 40.5 Å². The van der Waals surface area contributed by atoms with E-state index in [1.165, 1.54) is 0 Å². The van der Waals surface area contributed by atoms with Gasteiger partial charge in [0, 0.05) is 51.3 Å². The maximum absolute atomic E-state index is 14.5. The highest BCUT2D eigenvalue weighted by Crippen LogP contribution is 2.30. The van der Waals surface area contributed by atoms with Crippen LogP contribution in [0.4, 0.5) is 11.4 Å². The van der Waals surface area contributed by atoms with Crippen LogP contribution in [0.25, 0.3) is 10.9 Å². The highest BCUT2D eigenvalue weighted by atomic mass is 16.5. The summed E-state index contributed by atoms with van der Waals surface area (Å²) in [4.78, 5) is 80.7. The number of nitrogens with one attached hydrogen (secondary N) is 4. The van der Waals surface area contributed by atoms with E-state index in [0.29, 0.717) is 31.5 Å². The Hall–Kier alpha value is -5.12. The molecule has 1 aliphatic rings. The first-order valence-electron chi connectivity index (χ1n) is 24.1. The number of amides is 5. The van der Waals surface area contributed by atoms with Crippen LogP contribution in [0.1, 0.15) is 93.6 Å². The predicted molar refractivity (Wildman–Crippen MR) is 266 cm³/mol. The van der Waals surface area contributed by atoms with Gasteiger partial charge in [-0.1, -0.05) is 85.2 Å². The molecule has 2 aromatic carbocycles. The van der Waals surface area contributed by atoms with Crippen LogP contribution in [-0.4, -0.2) is 140 Å². The van der Waals surface area contributed by atoms with Crippen molar-refractivity contribution in [2.75, 3.05) is 52.5 Å². The third-order valence-corrected chi connectivity index (χ3v) is 13.3. The molecule has 67 heavy (non-hydrogen) atoms. The lowest BCUT2D eigenvalue weighted by molar-refractivity contribution is -0.148. The summed E-state index contributed by atoms with van der Waals surface area (Å²) >= 11 is 0. The quantitative estimate of drug-likeness (QED) is 0.0791. The average Bonchev–Trinajstić information content (AvgIpc) is 3.77. The number of pyridine rings is 1. The highest BCUT2D eigenvalue weighted by molar-refractivity contribution is 5.99. The smallest absolute Gasteiger partial charge is 0.247 e. The second-order valence-electron chi connectivity index (χ2n) is 19.6. The molecule has 9 atom stereocenters. The van der Waals surface area contributed by atoms with Crippen molar-refractivity contribution >= 4 is 51.8 Å². The van der Waals surface area contributed by atoms with Crippen molar-refractivity contribution in [3.8, 4) is 0 Å². The fourth-order valence-electron chi connectivity index (χ4n) is 9.60. The molecule has 1 aliphatic heterocycles. The molecule has 1 saturated heterocycles. The van der Waals surface area contributed by atoms with Gasteiger partial charge in [0.1, 0.15) is 12.1 Å². The third kappa shape index (κ3) is 14.4. The van der Waals surface area contributed by atoms with Crippen LogP contribution in [-0.2, 0) is 39.9 Å². The number of ether oxygens (including phenoxy) is 2. The van der Waals surface area contributed by atoms with Gasteiger partial charge in [-0.3, -0.25) is 33.9 Å². The number of rotatable bonds is 24. The Balaban J connectivity index is 1.53. The molecule has 2 heterocycles. The van der Waals surface area contributed by atoms with E-state index in [1.807, 2.05) is 115 Å². The number of likely N-dealkylation sites (N-methyl/N-ethyl adjacent to an activating group) is 2. The molecule has 0 bridgehead atoms. The van der Waals surface area contributed by atoms with Gasteiger partial charge in [-0.25, -0.2) is 0 Å². The van der Waals surface area contributed by atoms with Crippen LogP contribution in [0, 0.1) is 23.7 Å². The molecule has 1 fully saturated rings. The van der Waals surface area contributed by atoms with E-state index in [9.17, 15) is 24.0 Å². The number of hydrogen-bond donors (Lipinski definition) is 4. The predicted octanol–water partition coefficient (Wildman–Crippen LogP) is 6.37. The number of aromatic nitrogens is 1. The molecule has 5 amide bonds. The summed E-state index contributed by atoms with van der Waals surface area (Å²) in [5.41, 5.74) is 3.12. The van der Waals surface area contributed by atoms with Crippen LogP contribution in [0.15, 0.2) is 60.8 Å². The number of benzene rings is 2. The summed E-state index contributed by atoms with van der Waals surface area (Å²) in [6, 6.07) is 14.5. The number of carbonyl (C=O) groups excluding carboxylic acids is 5. The van der Waals surface area contributed by atoms with Crippen molar-refractivity contribution in [2.24, 2.45) is 23.7 Å². The Morgan fingerprint density at radius 2 is 1.49 bits per heavy atom. The minimum atomic E-state index is -0.947. The van der Waals surface area contributed by atoms with Gasteiger partial charge in [0.25, 0.3) is 0 Å². The first kappa shape index (κ1) is 54.5. The Labute approximate surface area is 399 Å². The van der Waals surface area contributed by atoms with Crippen LogP contribution in [0.5, 0.6) is 0 Å². The number of methoxy groups -OCH3 is 2. The van der Waals surface area contributed by atoms with E-state index in [4.69, 9.17) is 9.47 Å². The number of hydrogen-bond acceptors (Lipinski definition) is 10. The largest absolute Gasteiger partial charge is 0.383 e. The average molecular weight is 929 g/mol. The molecule has 0 radical (unpaired) electrons. The minimum absolute atomic E-state index is 0.0112. The molecule has 3 aromatic rings. The summed E-state index contributed by atoms with van der Waals surface area (Å²) in [5, 5.41) is 13.3. The van der Waals surface area contributed by atoms with Crippen molar-refractivity contribution in [2.45, 2.75) is 143 Å². The Morgan fingerprint density at radius 1 is 0.821 bits per heavy atom. The summed E-state index contributed by atoms with van der Waals surface area (Å²) in [7, 11) is 8.54. The second-order valence-corrected chi connectivity index (χ2v) is 19.6. The first-order valence-corrected chi connectivity index (χ1v) is 24.1. The number of anilines is 2. The molecule has 0 aliphatic carbocycles. The second kappa shape index (κ2) is 25.3. The van der Waals surface area contributed by atoms with Gasteiger partial charge >= 0.3 is 0 Å². The summed E-state index contributed by atoms with van der Waals surface area (Å²) in [5.74, 6) is -2.38. The van der Waals surface area contributed by atoms with Crippen molar-refractivity contribution in [3.05, 3.63) is 66.4 Å². The van der Waals surface area contributed by atoms with E-state index >= 15 is 0 Å². The molecule has 4 N–H and O–H groups in total. The number of nitrogens with zero attached hydrogens (tertiary/aromatic N) is 4. The Kier molecular flexibility index (Phi) is 20.6. The molecular weight excluding hydrogens is 849 g/mol. The lowest BCUT2D eigenvalue weighted by Crippen LogP contribution is -2.59. The zero-order valence-electron chi connectivity index (χ0n) is 42.6. The van der Waals surface area contributed by atoms with Crippen molar-refractivity contribution < 1.29 is 33.4 Å². The number of likely N-dealkylation sites (tertiary alicyclic amines) is 1. The van der Waals surface area contributed by atoms with Gasteiger partial charge in [-0.2, -0.15) is 0 Å². The van der Waals surface area contributed by atoms with Crippen LogP contribution in [0.3, 0.4) is 0 Å². The van der Waals surface area contributed by atoms with E-state index in [-0.39, 0.29) is 60.3 Å². The van der Waals surface area contributed by atoms with Crippen molar-refractivity contribution in [1.82, 2.24) is 30.3 Å². The molecule has 370 valence electrons. The monoisotopic (exact) mass is 929 g/mol. The lowest BCUT2D eigenvalue weighted by Gasteiger charge is -2.41. The summed E-state index contributed by atoms with van der Waals surface area (Å²) < 4.78 is 12.2. The zero-order valence-corrected chi connectivity index (χ0v) is 42.6. The van der Waals surface area contributed by atoms with Crippen LogP contribution < -0.4 is 21.3 Å². The molecule has 15 heteroatoms. The number of carbonyl (C=O) groups is 5. The molecular formula is C52H80N8O7. The van der Waals surface area contributed by atoms with E-state index in [2.05, 4.69) is 40.1 Å². The molecule has 15 nitrogen and oxygen atoms in total. The molecule has 2 unspecified atom stereocenters. The number of fused-ring (bicyclic) bond motifs is 1. The van der Waals surface area contributed by atoms with Gasteiger partial charge in [-0.15, -0.1) is 0 Å². The van der Waals surface area contributed by atoms with E-state index in [0.717, 1.165) is 22.2 Å².